The van der Waals surface area contributed by atoms with Crippen LogP contribution in [0.5, 0.6) is 0 Å². The molecule has 0 radical (unpaired) electrons. The first-order valence-corrected chi connectivity index (χ1v) is 14.0. The lowest BCUT2D eigenvalue weighted by atomic mass is 10.2. The number of hydrogen-bond acceptors (Lipinski definition) is 10. The minimum atomic E-state index is -2.92. The number of aromatic nitrogens is 4. The largest absolute Gasteiger partial charge is 0.448 e. The molecule has 3 N–H and O–H groups in total. The van der Waals surface area contributed by atoms with E-state index in [-0.39, 0.29) is 6.61 Å². The highest BCUT2D eigenvalue weighted by atomic mass is 32.2. The van der Waals surface area contributed by atoms with Crippen molar-refractivity contribution in [2.24, 2.45) is 4.36 Å². The molecule has 2 aromatic heterocycles. The lowest BCUT2D eigenvalue weighted by Gasteiger charge is -2.26. The predicted octanol–water partition coefficient (Wildman–Crippen LogP) is 3.36. The van der Waals surface area contributed by atoms with Gasteiger partial charge in [-0.05, 0) is 50.2 Å². The number of anilines is 3. The Morgan fingerprint density at radius 2 is 2.03 bits per heavy atom. The van der Waals surface area contributed by atoms with Gasteiger partial charge >= 0.3 is 6.09 Å². The molecule has 0 bridgehead atoms. The van der Waals surface area contributed by atoms with Crippen molar-refractivity contribution in [3.8, 4) is 11.3 Å². The van der Waals surface area contributed by atoms with E-state index in [0.29, 0.717) is 22.3 Å². The Hall–Kier alpha value is -3.55. The molecular formula is C24H32N8O4S. The average molecular weight is 529 g/mol. The van der Waals surface area contributed by atoms with E-state index < -0.39 is 15.8 Å². The lowest BCUT2D eigenvalue weighted by Crippen LogP contribution is -2.37. The quantitative estimate of drug-likeness (QED) is 0.335. The molecule has 0 saturated carbocycles. The van der Waals surface area contributed by atoms with E-state index in [9.17, 15) is 9.00 Å². The van der Waals surface area contributed by atoms with E-state index in [2.05, 4.69) is 40.1 Å². The number of carbonyl (C=O) groups is 1. The summed E-state index contributed by atoms with van der Waals surface area (Å²) in [7, 11) is -2.92. The topological polar surface area (TPSA) is 147 Å². The Bertz CT molecular complexity index is 1280. The van der Waals surface area contributed by atoms with Crippen molar-refractivity contribution in [1.82, 2.24) is 25.1 Å². The highest BCUT2D eigenvalue weighted by Gasteiger charge is 2.14. The molecule has 3 heterocycles. The Labute approximate surface area is 216 Å². The predicted molar refractivity (Wildman–Crippen MR) is 141 cm³/mol. The number of carbonyl (C=O) groups excluding carboxylic acids is 1. The third-order valence-electron chi connectivity index (χ3n) is 5.69. The maximum absolute atomic E-state index is 12.8. The molecule has 37 heavy (non-hydrogen) atoms. The number of nitrogens with one attached hydrogen (secondary N) is 3. The van der Waals surface area contributed by atoms with Gasteiger partial charge in [-0.1, -0.05) is 0 Å². The number of hydrogen-bond donors (Lipinski definition) is 3. The lowest BCUT2D eigenvalue weighted by molar-refractivity contribution is 0.0378. The summed E-state index contributed by atoms with van der Waals surface area (Å²) in [5, 5.41) is 13.6. The molecule has 0 spiro atoms. The fourth-order valence-electron chi connectivity index (χ4n) is 3.78. The number of amides is 1. The van der Waals surface area contributed by atoms with Gasteiger partial charge in [0, 0.05) is 48.9 Å². The Kier molecular flexibility index (Phi) is 9.04. The van der Waals surface area contributed by atoms with Gasteiger partial charge in [0.2, 0.25) is 5.95 Å². The molecule has 4 rings (SSSR count). The van der Waals surface area contributed by atoms with Gasteiger partial charge in [0.1, 0.15) is 5.82 Å². The van der Waals surface area contributed by atoms with Crippen LogP contribution < -0.4 is 10.6 Å². The number of morpholine rings is 1. The van der Waals surface area contributed by atoms with Crippen molar-refractivity contribution in [3.05, 3.63) is 42.7 Å². The summed E-state index contributed by atoms with van der Waals surface area (Å²) in [5.74, 6) is 1.09. The van der Waals surface area contributed by atoms with Crippen molar-refractivity contribution >= 4 is 33.3 Å². The minimum absolute atomic E-state index is 0.171. The highest BCUT2D eigenvalue weighted by Crippen LogP contribution is 2.26. The maximum atomic E-state index is 12.8. The third-order valence-corrected chi connectivity index (χ3v) is 7.34. The molecule has 1 fully saturated rings. The summed E-state index contributed by atoms with van der Waals surface area (Å²) in [5.41, 5.74) is 2.33. The zero-order chi connectivity index (χ0) is 26.1. The van der Waals surface area contributed by atoms with Crippen LogP contribution in [0.2, 0.25) is 0 Å². The average Bonchev–Trinajstić information content (AvgIpc) is 3.42. The smallest absolute Gasteiger partial charge is 0.442 e. The van der Waals surface area contributed by atoms with E-state index in [0.717, 1.165) is 57.1 Å². The van der Waals surface area contributed by atoms with Gasteiger partial charge in [0.05, 0.1) is 40.8 Å². The molecule has 1 aromatic carbocycles. The number of ether oxygens (including phenoxy) is 2. The first kappa shape index (κ1) is 26.5. The fraction of sp³-hybridized carbons (Fsp3) is 0.417. The van der Waals surface area contributed by atoms with Crippen LogP contribution in [0.1, 0.15) is 13.3 Å². The normalized spacial score (nSPS) is 15.5. The van der Waals surface area contributed by atoms with E-state index in [1.807, 2.05) is 6.07 Å². The number of benzene rings is 1. The number of H-pyrrole nitrogens is 1. The Morgan fingerprint density at radius 3 is 2.73 bits per heavy atom. The molecule has 3 aromatic rings. The SMILES string of the molecule is CCOC(=O)N=S(C)(=O)c1ccc(Nc2ncc(-c3ccn[nH]3)c(NCCCN3CCOCC3)n2)cc1. The van der Waals surface area contributed by atoms with Crippen LogP contribution in [-0.2, 0) is 19.2 Å². The number of nitrogens with zero attached hydrogens (tertiary/aromatic N) is 5. The second-order valence-corrected chi connectivity index (χ2v) is 10.7. The van der Waals surface area contributed by atoms with Gasteiger partial charge in [-0.2, -0.15) is 10.1 Å². The molecule has 1 amide bonds. The number of rotatable bonds is 10. The minimum Gasteiger partial charge on any atom is -0.448 e. The summed E-state index contributed by atoms with van der Waals surface area (Å²) in [6.07, 6.45) is 4.95. The van der Waals surface area contributed by atoms with E-state index in [1.54, 1.807) is 43.6 Å². The second kappa shape index (κ2) is 12.6. The van der Waals surface area contributed by atoms with Crippen LogP contribution in [0.15, 0.2) is 52.0 Å². The van der Waals surface area contributed by atoms with Gasteiger partial charge in [0.15, 0.2) is 0 Å². The molecule has 1 unspecified atom stereocenters. The summed E-state index contributed by atoms with van der Waals surface area (Å²) >= 11 is 0. The molecule has 1 atom stereocenters. The van der Waals surface area contributed by atoms with Gasteiger partial charge in [-0.3, -0.25) is 10.00 Å². The standard InChI is InChI=1S/C24H32N8O4S/c1-3-36-24(33)31-37(2,34)19-7-5-18(6-8-19)28-23-26-17-20(21-9-11-27-30-21)22(29-23)25-10-4-12-32-13-15-35-16-14-32/h5-9,11,17H,3-4,10,12-16H2,1-2H3,(H,27,30)(H2,25,26,28,29). The van der Waals surface area contributed by atoms with Gasteiger partial charge < -0.3 is 20.1 Å². The summed E-state index contributed by atoms with van der Waals surface area (Å²) < 4.78 is 26.7. The molecular weight excluding hydrogens is 496 g/mol. The van der Waals surface area contributed by atoms with Crippen molar-refractivity contribution < 1.29 is 18.5 Å². The molecule has 1 aliphatic rings. The third kappa shape index (κ3) is 7.47. The van der Waals surface area contributed by atoms with Gasteiger partial charge in [-0.25, -0.2) is 14.0 Å². The summed E-state index contributed by atoms with van der Waals surface area (Å²) in [6, 6.07) is 8.64. The van der Waals surface area contributed by atoms with E-state index in [1.165, 1.54) is 6.26 Å². The molecule has 12 nitrogen and oxygen atoms in total. The highest BCUT2D eigenvalue weighted by molar-refractivity contribution is 7.93. The van der Waals surface area contributed by atoms with E-state index >= 15 is 0 Å². The van der Waals surface area contributed by atoms with Crippen LogP contribution >= 0.6 is 0 Å². The van der Waals surface area contributed by atoms with Crippen LogP contribution in [0.25, 0.3) is 11.3 Å². The maximum Gasteiger partial charge on any atom is 0.442 e. The first-order chi connectivity index (χ1) is 17.9. The molecule has 1 aliphatic heterocycles. The fourth-order valence-corrected chi connectivity index (χ4v) is 4.86. The Morgan fingerprint density at radius 1 is 1.24 bits per heavy atom. The van der Waals surface area contributed by atoms with Crippen LogP contribution in [0, 0.1) is 0 Å². The summed E-state index contributed by atoms with van der Waals surface area (Å²) in [6.45, 7) is 7.07. The first-order valence-electron chi connectivity index (χ1n) is 12.1. The molecule has 1 saturated heterocycles. The zero-order valence-electron chi connectivity index (χ0n) is 21.0. The second-order valence-electron chi connectivity index (χ2n) is 8.40. The zero-order valence-corrected chi connectivity index (χ0v) is 21.8. The van der Waals surface area contributed by atoms with Gasteiger partial charge in [-0.15, -0.1) is 4.36 Å². The van der Waals surface area contributed by atoms with Crippen LogP contribution in [0.3, 0.4) is 0 Å². The van der Waals surface area contributed by atoms with Crippen molar-refractivity contribution in [1.29, 1.82) is 0 Å². The van der Waals surface area contributed by atoms with Crippen molar-refractivity contribution in [2.45, 2.75) is 18.2 Å². The van der Waals surface area contributed by atoms with Crippen molar-refractivity contribution in [3.63, 3.8) is 0 Å². The van der Waals surface area contributed by atoms with Crippen molar-refractivity contribution in [2.75, 3.05) is 62.9 Å². The van der Waals surface area contributed by atoms with Crippen LogP contribution in [-0.4, -0.2) is 87.6 Å². The summed E-state index contributed by atoms with van der Waals surface area (Å²) in [4.78, 5) is 23.6. The number of aromatic amines is 1. The molecule has 0 aliphatic carbocycles. The monoisotopic (exact) mass is 528 g/mol. The van der Waals surface area contributed by atoms with E-state index in [4.69, 9.17) is 9.47 Å². The van der Waals surface area contributed by atoms with Crippen LogP contribution in [0.4, 0.5) is 22.2 Å². The Balaban J connectivity index is 1.45. The molecule has 13 heteroatoms. The van der Waals surface area contributed by atoms with Gasteiger partial charge in [0.25, 0.3) is 0 Å². The molecule has 198 valence electrons.